The Hall–Kier alpha value is -5.14. The SMILES string of the molecule is COc1cnc(-n2cnc(C)n2)c2[nH]cc(C(=O)C(=O)N3[C@H](C)CN(c4nnnn4-c4ccccc4)C[C@@H]3C)c12. The van der Waals surface area contributed by atoms with Crippen molar-refractivity contribution in [1.29, 1.82) is 0 Å². The molecule has 0 saturated carbocycles. The molecule has 14 heteroatoms. The van der Waals surface area contributed by atoms with Crippen LogP contribution >= 0.6 is 0 Å². The highest BCUT2D eigenvalue weighted by atomic mass is 16.5. The predicted octanol–water partition coefficient (Wildman–Crippen LogP) is 1.74. The van der Waals surface area contributed by atoms with Gasteiger partial charge in [0.2, 0.25) is 0 Å². The number of amides is 1. The summed E-state index contributed by atoms with van der Waals surface area (Å²) in [5, 5.41) is 17.0. The van der Waals surface area contributed by atoms with Gasteiger partial charge in [-0.25, -0.2) is 14.6 Å². The molecule has 5 heterocycles. The van der Waals surface area contributed by atoms with E-state index in [0.29, 0.717) is 47.3 Å². The van der Waals surface area contributed by atoms with Crippen LogP contribution in [-0.2, 0) is 4.79 Å². The van der Waals surface area contributed by atoms with E-state index < -0.39 is 11.7 Å². The number of ketones is 1. The van der Waals surface area contributed by atoms with Gasteiger partial charge < -0.3 is 19.5 Å². The Bertz CT molecular complexity index is 1700. The number of benzene rings is 1. The molecule has 0 unspecified atom stereocenters. The molecule has 14 nitrogen and oxygen atoms in total. The van der Waals surface area contributed by atoms with E-state index in [1.165, 1.54) is 30.5 Å². The summed E-state index contributed by atoms with van der Waals surface area (Å²) in [5.41, 5.74) is 1.55. The first-order valence-electron chi connectivity index (χ1n) is 12.8. The molecule has 0 bridgehead atoms. The highest BCUT2D eigenvalue weighted by Gasteiger charge is 2.38. The fourth-order valence-electron chi connectivity index (χ4n) is 5.29. The minimum Gasteiger partial charge on any atom is -0.494 e. The van der Waals surface area contributed by atoms with Crippen LogP contribution in [0.1, 0.15) is 30.0 Å². The van der Waals surface area contributed by atoms with Gasteiger partial charge in [-0.2, -0.15) is 9.78 Å². The maximum atomic E-state index is 13.7. The maximum absolute atomic E-state index is 13.7. The van der Waals surface area contributed by atoms with Crippen molar-refractivity contribution in [2.45, 2.75) is 32.9 Å². The number of Topliss-reactive ketones (excluding diaryl/α,β-unsaturated/α-hetero) is 1. The van der Waals surface area contributed by atoms with Gasteiger partial charge in [0, 0.05) is 31.4 Å². The van der Waals surface area contributed by atoms with Crippen molar-refractivity contribution in [3.05, 3.63) is 60.4 Å². The maximum Gasteiger partial charge on any atom is 0.295 e. The third-order valence-corrected chi connectivity index (χ3v) is 7.03. The summed E-state index contributed by atoms with van der Waals surface area (Å²) < 4.78 is 8.69. The fourth-order valence-corrected chi connectivity index (χ4v) is 5.29. The van der Waals surface area contributed by atoms with Gasteiger partial charge in [-0.1, -0.05) is 23.3 Å². The number of aromatic amines is 1. The van der Waals surface area contributed by atoms with Crippen molar-refractivity contribution in [3.63, 3.8) is 0 Å². The third kappa shape index (κ3) is 4.13. The monoisotopic (exact) mass is 541 g/mol. The molecule has 1 aliphatic rings. The molecule has 204 valence electrons. The lowest BCUT2D eigenvalue weighted by Crippen LogP contribution is -2.60. The molecule has 1 amide bonds. The Morgan fingerprint density at radius 2 is 1.82 bits per heavy atom. The Labute approximate surface area is 228 Å². The Morgan fingerprint density at radius 3 is 2.50 bits per heavy atom. The first kappa shape index (κ1) is 25.2. The highest BCUT2D eigenvalue weighted by Crippen LogP contribution is 2.32. The number of hydrogen-bond donors (Lipinski definition) is 1. The number of nitrogens with zero attached hydrogens (tertiary/aromatic N) is 10. The molecule has 40 heavy (non-hydrogen) atoms. The van der Waals surface area contributed by atoms with Crippen molar-refractivity contribution in [3.8, 4) is 17.3 Å². The lowest BCUT2D eigenvalue weighted by Gasteiger charge is -2.44. The number of pyridine rings is 1. The lowest BCUT2D eigenvalue weighted by atomic mass is 10.0. The Kier molecular flexibility index (Phi) is 6.21. The Balaban J connectivity index is 1.28. The summed E-state index contributed by atoms with van der Waals surface area (Å²) in [6, 6.07) is 9.03. The number of aromatic nitrogens is 9. The molecular weight excluding hydrogens is 514 g/mol. The van der Waals surface area contributed by atoms with Crippen LogP contribution in [-0.4, -0.2) is 93.8 Å². The van der Waals surface area contributed by atoms with Crippen LogP contribution in [0.4, 0.5) is 5.95 Å². The zero-order chi connectivity index (χ0) is 28.0. The number of piperazine rings is 1. The second-order valence-electron chi connectivity index (χ2n) is 9.71. The lowest BCUT2D eigenvalue weighted by molar-refractivity contribution is -0.131. The van der Waals surface area contributed by atoms with Crippen molar-refractivity contribution in [1.82, 2.24) is 49.8 Å². The van der Waals surface area contributed by atoms with Crippen LogP contribution in [0.3, 0.4) is 0 Å². The first-order chi connectivity index (χ1) is 19.4. The molecule has 0 aliphatic carbocycles. The predicted molar refractivity (Wildman–Crippen MR) is 144 cm³/mol. The van der Waals surface area contributed by atoms with Crippen molar-refractivity contribution >= 4 is 28.5 Å². The molecule has 1 saturated heterocycles. The normalized spacial score (nSPS) is 17.4. The third-order valence-electron chi connectivity index (χ3n) is 7.03. The van der Waals surface area contributed by atoms with E-state index in [0.717, 1.165) is 5.69 Å². The highest BCUT2D eigenvalue weighted by molar-refractivity contribution is 6.45. The number of carbonyl (C=O) groups excluding carboxylic acids is 2. The minimum atomic E-state index is -0.641. The number of tetrazole rings is 1. The number of hydrogen-bond acceptors (Lipinski definition) is 10. The second-order valence-corrected chi connectivity index (χ2v) is 9.71. The molecule has 6 rings (SSSR count). The smallest absolute Gasteiger partial charge is 0.295 e. The molecule has 1 aliphatic heterocycles. The minimum absolute atomic E-state index is 0.201. The van der Waals surface area contributed by atoms with E-state index in [-0.39, 0.29) is 17.6 Å². The van der Waals surface area contributed by atoms with Gasteiger partial charge in [-0.15, -0.1) is 0 Å². The molecule has 5 aromatic rings. The number of carbonyl (C=O) groups is 2. The van der Waals surface area contributed by atoms with Crippen LogP contribution in [0.5, 0.6) is 5.75 Å². The zero-order valence-corrected chi connectivity index (χ0v) is 22.4. The number of H-pyrrole nitrogens is 1. The summed E-state index contributed by atoms with van der Waals surface area (Å²) in [6.07, 6.45) is 4.56. The standard InChI is InChI=1S/C26H27N11O3/c1-15-12-34(26-30-32-33-37(26)18-8-6-5-7-9-18)13-16(2)36(15)25(39)23(38)19-10-27-22-21(19)20(40-4)11-28-24(22)35-14-29-17(3)31-35/h5-11,14-16,27H,12-13H2,1-4H3/t15-,16+. The zero-order valence-electron chi connectivity index (χ0n) is 22.4. The van der Waals surface area contributed by atoms with Gasteiger partial charge >= 0.3 is 0 Å². The number of fused-ring (bicyclic) bond motifs is 1. The number of para-hydroxylation sites is 1. The average molecular weight is 542 g/mol. The Morgan fingerprint density at radius 1 is 1.07 bits per heavy atom. The number of methoxy groups -OCH3 is 1. The topological polar surface area (TPSA) is 153 Å². The summed E-state index contributed by atoms with van der Waals surface area (Å²) in [5.74, 6) is 0.718. The van der Waals surface area contributed by atoms with Crippen LogP contribution in [0.2, 0.25) is 0 Å². The molecule has 2 atom stereocenters. The van der Waals surface area contributed by atoms with E-state index in [4.69, 9.17) is 4.74 Å². The van der Waals surface area contributed by atoms with E-state index in [9.17, 15) is 9.59 Å². The molecule has 0 radical (unpaired) electrons. The number of nitrogens with one attached hydrogen (secondary N) is 1. The average Bonchev–Trinajstić information content (AvgIpc) is 3.72. The van der Waals surface area contributed by atoms with Gasteiger partial charge in [0.15, 0.2) is 5.82 Å². The van der Waals surface area contributed by atoms with E-state index in [1.807, 2.05) is 49.1 Å². The molecule has 1 N–H and O–H groups in total. The largest absolute Gasteiger partial charge is 0.494 e. The van der Waals surface area contributed by atoms with Crippen molar-refractivity contribution < 1.29 is 14.3 Å². The van der Waals surface area contributed by atoms with Crippen molar-refractivity contribution in [2.75, 3.05) is 25.1 Å². The van der Waals surface area contributed by atoms with Crippen molar-refractivity contribution in [2.24, 2.45) is 0 Å². The molecular formula is C26H27N11O3. The van der Waals surface area contributed by atoms with E-state index in [1.54, 1.807) is 16.5 Å². The van der Waals surface area contributed by atoms with Gasteiger partial charge in [0.05, 0.1) is 35.5 Å². The van der Waals surface area contributed by atoms with E-state index in [2.05, 4.69) is 35.6 Å². The van der Waals surface area contributed by atoms with E-state index >= 15 is 0 Å². The first-order valence-corrected chi connectivity index (χ1v) is 12.8. The summed E-state index contributed by atoms with van der Waals surface area (Å²) >= 11 is 0. The number of anilines is 1. The molecule has 0 spiro atoms. The van der Waals surface area contributed by atoms with Crippen LogP contribution in [0, 0.1) is 6.92 Å². The number of rotatable bonds is 6. The van der Waals surface area contributed by atoms with Gasteiger partial charge in [0.1, 0.15) is 17.9 Å². The van der Waals surface area contributed by atoms with Gasteiger partial charge in [0.25, 0.3) is 17.6 Å². The second kappa shape index (κ2) is 9.87. The summed E-state index contributed by atoms with van der Waals surface area (Å²) in [6.45, 7) is 6.50. The van der Waals surface area contributed by atoms with Crippen LogP contribution in [0.15, 0.2) is 49.1 Å². The molecule has 4 aromatic heterocycles. The molecule has 1 fully saturated rings. The summed E-state index contributed by atoms with van der Waals surface area (Å²) in [4.78, 5) is 42.8. The van der Waals surface area contributed by atoms with Gasteiger partial charge in [-0.05, 0) is 43.3 Å². The fraction of sp³-hybridized carbons (Fsp3) is 0.308. The number of ether oxygens (including phenoxy) is 1. The van der Waals surface area contributed by atoms with Gasteiger partial charge in [-0.3, -0.25) is 9.59 Å². The molecule has 1 aromatic carbocycles. The number of aryl methyl sites for hydroxylation is 1. The van der Waals surface area contributed by atoms with Crippen LogP contribution in [0.25, 0.3) is 22.4 Å². The quantitative estimate of drug-likeness (QED) is 0.248. The van der Waals surface area contributed by atoms with Crippen LogP contribution < -0.4 is 9.64 Å². The summed E-state index contributed by atoms with van der Waals surface area (Å²) in [7, 11) is 1.49.